The number of nitrogens with one attached hydrogen (secondary N) is 1. The van der Waals surface area contributed by atoms with E-state index in [0.717, 1.165) is 0 Å². The van der Waals surface area contributed by atoms with Gasteiger partial charge in [-0.25, -0.2) is 23.1 Å². The number of rotatable bonds is 4. The van der Waals surface area contributed by atoms with E-state index >= 15 is 4.39 Å². The van der Waals surface area contributed by atoms with Crippen molar-refractivity contribution in [2.75, 3.05) is 11.4 Å². The van der Waals surface area contributed by atoms with E-state index in [9.17, 15) is 44.7 Å². The number of alkyl halides is 6. The maximum atomic E-state index is 15.1. The molecule has 3 aromatic heterocycles. The molecular formula is C22H16F9N5O2. The molecule has 0 saturated carbocycles. The van der Waals surface area contributed by atoms with Gasteiger partial charge in [0.1, 0.15) is 11.4 Å². The van der Waals surface area contributed by atoms with Crippen LogP contribution in [-0.4, -0.2) is 51.4 Å². The number of anilines is 1. The van der Waals surface area contributed by atoms with Crippen molar-refractivity contribution < 1.29 is 44.3 Å². The summed E-state index contributed by atoms with van der Waals surface area (Å²) >= 11 is 0. The molecule has 1 saturated heterocycles. The fourth-order valence-electron chi connectivity index (χ4n) is 4.13. The minimum Gasteiger partial charge on any atom is -0.351 e. The number of hydrogen-bond donors (Lipinski definition) is 1. The highest BCUT2D eigenvalue weighted by molar-refractivity contribution is 5.97. The lowest BCUT2D eigenvalue weighted by molar-refractivity contribution is -0.255. The Labute approximate surface area is 206 Å². The molecule has 7 nitrogen and oxygen atoms in total. The molecule has 1 fully saturated rings. The number of carbonyl (C=O) groups is 1. The number of fused-ring (bicyclic) bond motifs is 1. The third kappa shape index (κ3) is 4.98. The van der Waals surface area contributed by atoms with E-state index in [0.29, 0.717) is 53.8 Å². The predicted molar refractivity (Wildman–Crippen MR) is 114 cm³/mol. The number of aromatic nitrogens is 3. The van der Waals surface area contributed by atoms with Crippen LogP contribution in [0.15, 0.2) is 29.3 Å². The van der Waals surface area contributed by atoms with Gasteiger partial charge in [-0.3, -0.25) is 14.2 Å². The molecule has 4 rings (SSSR count). The van der Waals surface area contributed by atoms with Gasteiger partial charge in [0.25, 0.3) is 5.91 Å². The fourth-order valence-corrected chi connectivity index (χ4v) is 4.13. The van der Waals surface area contributed by atoms with Crippen LogP contribution in [0.2, 0.25) is 0 Å². The number of nitrogens with zero attached hydrogens (tertiary/aromatic N) is 4. The lowest BCUT2D eigenvalue weighted by atomic mass is 10.1. The summed E-state index contributed by atoms with van der Waals surface area (Å²) in [6.45, 7) is 2.12. The van der Waals surface area contributed by atoms with Crippen LogP contribution in [0.4, 0.5) is 45.3 Å². The molecule has 1 N–H and O–H groups in total. The van der Waals surface area contributed by atoms with E-state index in [1.54, 1.807) is 6.92 Å². The Morgan fingerprint density at radius 2 is 1.68 bits per heavy atom. The maximum absolute atomic E-state index is 15.1. The molecule has 1 aliphatic rings. The first kappa shape index (κ1) is 27.2. The Hall–Kier alpha value is -3.85. The van der Waals surface area contributed by atoms with E-state index in [-0.39, 0.29) is 11.9 Å². The van der Waals surface area contributed by atoms with Crippen molar-refractivity contribution in [3.63, 3.8) is 0 Å². The van der Waals surface area contributed by atoms with Gasteiger partial charge in [0.2, 0.25) is 11.5 Å². The van der Waals surface area contributed by atoms with E-state index in [1.165, 1.54) is 4.90 Å². The molecule has 0 unspecified atom stereocenters. The average molecular weight is 553 g/mol. The molecule has 0 radical (unpaired) electrons. The zero-order chi connectivity index (χ0) is 28.2. The van der Waals surface area contributed by atoms with Gasteiger partial charge in [-0.2, -0.15) is 26.3 Å². The first-order valence-corrected chi connectivity index (χ1v) is 10.9. The number of carbonyl (C=O) groups excluding carboxylic acids is 1. The summed E-state index contributed by atoms with van der Waals surface area (Å²) in [7, 11) is 0. The van der Waals surface area contributed by atoms with E-state index in [1.807, 2.05) is 0 Å². The van der Waals surface area contributed by atoms with Crippen LogP contribution < -0.4 is 15.6 Å². The predicted octanol–water partition coefficient (Wildman–Crippen LogP) is 4.41. The summed E-state index contributed by atoms with van der Waals surface area (Å²) in [6, 6.07) is -3.60. The lowest BCUT2D eigenvalue weighted by Crippen LogP contribution is -2.55. The summed E-state index contributed by atoms with van der Waals surface area (Å²) in [6.07, 6.45) is -9.70. The van der Waals surface area contributed by atoms with Gasteiger partial charge in [0.15, 0.2) is 28.9 Å². The van der Waals surface area contributed by atoms with Crippen molar-refractivity contribution >= 4 is 22.8 Å². The second kappa shape index (κ2) is 9.47. The van der Waals surface area contributed by atoms with E-state index < -0.39 is 69.6 Å². The normalized spacial score (nSPS) is 16.5. The number of pyridine rings is 3. The zero-order valence-corrected chi connectivity index (χ0v) is 19.1. The van der Waals surface area contributed by atoms with Crippen LogP contribution in [0.3, 0.4) is 0 Å². The standard InChI is InChI=1S/C22H16F9N5O2/c1-9-3-2-4-35(9)18-14(25)6-11-15(37)12(19(38)34-20(21(26,27)28)22(29,30)31)8-36(16(11)33-18)17-13(24)5-10(23)7-32-17/h5-9,20H,2-4H2,1H3,(H,34,38)/t9-/m0/s1. The molecule has 1 aliphatic heterocycles. The molecule has 1 amide bonds. The topological polar surface area (TPSA) is 80.1 Å². The maximum Gasteiger partial charge on any atom is 0.417 e. The van der Waals surface area contributed by atoms with Gasteiger partial charge >= 0.3 is 12.4 Å². The second-order valence-electron chi connectivity index (χ2n) is 8.54. The van der Waals surface area contributed by atoms with Gasteiger partial charge < -0.3 is 10.2 Å². The molecule has 204 valence electrons. The van der Waals surface area contributed by atoms with Crippen LogP contribution in [0.1, 0.15) is 30.1 Å². The van der Waals surface area contributed by atoms with Crippen LogP contribution in [0.5, 0.6) is 0 Å². The van der Waals surface area contributed by atoms with E-state index in [4.69, 9.17) is 0 Å². The smallest absolute Gasteiger partial charge is 0.351 e. The van der Waals surface area contributed by atoms with Gasteiger partial charge in [-0.1, -0.05) is 0 Å². The van der Waals surface area contributed by atoms with Crippen LogP contribution in [-0.2, 0) is 0 Å². The van der Waals surface area contributed by atoms with Crippen molar-refractivity contribution in [1.82, 2.24) is 19.9 Å². The van der Waals surface area contributed by atoms with Crippen LogP contribution in [0, 0.1) is 17.5 Å². The Morgan fingerprint density at radius 1 is 1.05 bits per heavy atom. The molecule has 0 aromatic carbocycles. The molecule has 3 aromatic rings. The van der Waals surface area contributed by atoms with Crippen molar-refractivity contribution in [3.8, 4) is 5.82 Å². The minimum absolute atomic E-state index is 0.193. The fraction of sp³-hybridized carbons (Fsp3) is 0.364. The third-order valence-electron chi connectivity index (χ3n) is 5.93. The lowest BCUT2D eigenvalue weighted by Gasteiger charge is -2.25. The summed E-state index contributed by atoms with van der Waals surface area (Å²) in [5.74, 6) is -6.82. The number of halogens is 9. The van der Waals surface area contributed by atoms with Gasteiger partial charge in [0.05, 0.1) is 11.6 Å². The zero-order valence-electron chi connectivity index (χ0n) is 19.1. The Bertz CT molecular complexity index is 1450. The van der Waals surface area contributed by atoms with Crippen molar-refractivity contribution in [2.45, 2.75) is 44.2 Å². The molecule has 1 atom stereocenters. The van der Waals surface area contributed by atoms with Crippen LogP contribution >= 0.6 is 0 Å². The Balaban J connectivity index is 1.97. The molecule has 0 aliphatic carbocycles. The number of hydrogen-bond acceptors (Lipinski definition) is 5. The summed E-state index contributed by atoms with van der Waals surface area (Å²) in [5.41, 5.74) is -3.33. The summed E-state index contributed by atoms with van der Waals surface area (Å²) in [4.78, 5) is 34.6. The largest absolute Gasteiger partial charge is 0.417 e. The highest BCUT2D eigenvalue weighted by Gasteiger charge is 2.57. The molecule has 16 heteroatoms. The summed E-state index contributed by atoms with van der Waals surface area (Å²) < 4.78 is 122. The van der Waals surface area contributed by atoms with Crippen LogP contribution in [0.25, 0.3) is 16.9 Å². The van der Waals surface area contributed by atoms with Gasteiger partial charge in [0, 0.05) is 24.8 Å². The van der Waals surface area contributed by atoms with Gasteiger partial charge in [-0.05, 0) is 25.8 Å². The van der Waals surface area contributed by atoms with Gasteiger partial charge in [-0.15, -0.1) is 0 Å². The average Bonchev–Trinajstić information content (AvgIpc) is 3.22. The minimum atomic E-state index is -5.98. The monoisotopic (exact) mass is 553 g/mol. The molecule has 4 heterocycles. The molecular weight excluding hydrogens is 537 g/mol. The van der Waals surface area contributed by atoms with E-state index in [2.05, 4.69) is 9.97 Å². The molecule has 0 bridgehead atoms. The van der Waals surface area contributed by atoms with Crippen molar-refractivity contribution in [1.29, 1.82) is 0 Å². The van der Waals surface area contributed by atoms with Crippen molar-refractivity contribution in [3.05, 3.63) is 57.8 Å². The van der Waals surface area contributed by atoms with Crippen molar-refractivity contribution in [2.24, 2.45) is 0 Å². The second-order valence-corrected chi connectivity index (χ2v) is 8.54. The molecule has 0 spiro atoms. The summed E-state index contributed by atoms with van der Waals surface area (Å²) in [5, 5.41) is -0.0726. The first-order valence-electron chi connectivity index (χ1n) is 10.9. The Morgan fingerprint density at radius 3 is 2.24 bits per heavy atom. The molecule has 38 heavy (non-hydrogen) atoms. The highest BCUT2D eigenvalue weighted by atomic mass is 19.4. The quantitative estimate of drug-likeness (QED) is 0.485. The third-order valence-corrected chi connectivity index (χ3v) is 5.93. The number of amides is 1. The SMILES string of the molecule is C[C@H]1CCCN1c1nc2c(cc1F)c(=O)c(C(=O)NC(C(F)(F)F)C(F)(F)F)cn2-c1ncc(F)cc1F. The Kier molecular flexibility index (Phi) is 6.78. The first-order chi connectivity index (χ1) is 17.6. The highest BCUT2D eigenvalue weighted by Crippen LogP contribution is 2.34.